The minimum atomic E-state index is -4.39. The van der Waals surface area contributed by atoms with Crippen molar-refractivity contribution in [1.82, 2.24) is 4.98 Å². The predicted octanol–water partition coefficient (Wildman–Crippen LogP) is 2.00. The van der Waals surface area contributed by atoms with Crippen LogP contribution in [0.4, 0.5) is 10.5 Å². The van der Waals surface area contributed by atoms with Crippen molar-refractivity contribution in [2.75, 3.05) is 12.4 Å². The van der Waals surface area contributed by atoms with Crippen molar-refractivity contribution in [3.05, 3.63) is 41.6 Å². The highest BCUT2D eigenvalue weighted by molar-refractivity contribution is 7.84. The number of amides is 1. The molecule has 0 fully saturated rings. The summed E-state index contributed by atoms with van der Waals surface area (Å²) < 4.78 is 31.3. The van der Waals surface area contributed by atoms with Crippen LogP contribution in [0.25, 0.3) is 11.1 Å². The van der Waals surface area contributed by atoms with Crippen LogP contribution in [0.15, 0.2) is 30.5 Å². The smallest absolute Gasteiger partial charge is 0.428 e. The molecule has 0 saturated heterocycles. The number of nitrogens with one attached hydrogen (secondary N) is 1. The van der Waals surface area contributed by atoms with Gasteiger partial charge in [-0.05, 0) is 42.0 Å². The SMILES string of the molecule is COc1cc(-c2ccc3c(c2NC(=O)OS(N)(=O)=O)CCC3)ccn1. The Balaban J connectivity index is 2.05. The fraction of sp³-hybridized carbons (Fsp3) is 0.250. The third-order valence-electron chi connectivity index (χ3n) is 3.96. The molecule has 1 aromatic heterocycles. The number of aryl methyl sites for hydroxylation is 1. The van der Waals surface area contributed by atoms with E-state index in [4.69, 9.17) is 9.88 Å². The Morgan fingerprint density at radius 2 is 2.08 bits per heavy atom. The lowest BCUT2D eigenvalue weighted by Crippen LogP contribution is -2.24. The lowest BCUT2D eigenvalue weighted by atomic mass is 9.98. The Bertz CT molecular complexity index is 927. The first-order valence-electron chi connectivity index (χ1n) is 7.56. The highest BCUT2D eigenvalue weighted by atomic mass is 32.2. The molecule has 3 N–H and O–H groups in total. The number of anilines is 1. The molecule has 0 aliphatic heterocycles. The molecule has 0 saturated carbocycles. The van der Waals surface area contributed by atoms with Gasteiger partial charge in [0.15, 0.2) is 0 Å². The van der Waals surface area contributed by atoms with Crippen molar-refractivity contribution >= 4 is 22.1 Å². The van der Waals surface area contributed by atoms with E-state index in [-0.39, 0.29) is 0 Å². The molecule has 0 atom stereocenters. The average Bonchev–Trinajstić information content (AvgIpc) is 3.02. The average molecular weight is 363 g/mol. The summed E-state index contributed by atoms with van der Waals surface area (Å²) in [6.45, 7) is 0. The molecule has 1 amide bonds. The number of carbonyl (C=O) groups is 1. The molecule has 3 rings (SSSR count). The minimum absolute atomic E-state index is 0.427. The van der Waals surface area contributed by atoms with Gasteiger partial charge in [0.1, 0.15) is 0 Å². The van der Waals surface area contributed by atoms with Gasteiger partial charge in [-0.25, -0.2) is 9.78 Å². The first-order valence-corrected chi connectivity index (χ1v) is 9.03. The van der Waals surface area contributed by atoms with Crippen LogP contribution in [0, 0.1) is 0 Å². The molecule has 1 aromatic carbocycles. The van der Waals surface area contributed by atoms with Crippen molar-refractivity contribution in [3.8, 4) is 17.0 Å². The van der Waals surface area contributed by atoms with Crippen LogP contribution in [0.1, 0.15) is 17.5 Å². The summed E-state index contributed by atoms with van der Waals surface area (Å²) in [5.41, 5.74) is 4.06. The summed E-state index contributed by atoms with van der Waals surface area (Å²) in [5.74, 6) is 0.427. The molecule has 1 aliphatic carbocycles. The Hall–Kier alpha value is -2.65. The second kappa shape index (κ2) is 6.69. The summed E-state index contributed by atoms with van der Waals surface area (Å²) in [6, 6.07) is 7.37. The van der Waals surface area contributed by atoms with Crippen molar-refractivity contribution in [3.63, 3.8) is 0 Å². The fourth-order valence-corrected chi connectivity index (χ4v) is 3.22. The van der Waals surface area contributed by atoms with Crippen molar-refractivity contribution < 1.29 is 22.1 Å². The van der Waals surface area contributed by atoms with E-state index in [1.807, 2.05) is 12.1 Å². The molecule has 0 unspecified atom stereocenters. The third kappa shape index (κ3) is 3.89. The number of nitrogens with two attached hydrogens (primary N) is 1. The first kappa shape index (κ1) is 17.2. The zero-order valence-electron chi connectivity index (χ0n) is 13.5. The van der Waals surface area contributed by atoms with E-state index < -0.39 is 16.4 Å². The van der Waals surface area contributed by atoms with Gasteiger partial charge in [-0.3, -0.25) is 5.32 Å². The van der Waals surface area contributed by atoms with Gasteiger partial charge < -0.3 is 8.92 Å². The zero-order chi connectivity index (χ0) is 18.0. The maximum absolute atomic E-state index is 11.9. The van der Waals surface area contributed by atoms with E-state index in [1.54, 1.807) is 18.3 Å². The quantitative estimate of drug-likeness (QED) is 0.857. The highest BCUT2D eigenvalue weighted by Crippen LogP contribution is 2.38. The number of fused-ring (bicyclic) bond motifs is 1. The molecule has 9 heteroatoms. The molecule has 0 radical (unpaired) electrons. The van der Waals surface area contributed by atoms with Gasteiger partial charge in [-0.1, -0.05) is 12.1 Å². The second-order valence-corrected chi connectivity index (χ2v) is 6.71. The molecule has 1 aliphatic rings. The van der Waals surface area contributed by atoms with Gasteiger partial charge in [0.25, 0.3) is 0 Å². The summed E-state index contributed by atoms with van der Waals surface area (Å²) in [5, 5.41) is 7.28. The molecule has 1 heterocycles. The van der Waals surface area contributed by atoms with Crippen molar-refractivity contribution in [2.45, 2.75) is 19.3 Å². The molecule has 0 bridgehead atoms. The van der Waals surface area contributed by atoms with Crippen LogP contribution in [0.3, 0.4) is 0 Å². The highest BCUT2D eigenvalue weighted by Gasteiger charge is 2.22. The number of carbonyl (C=O) groups excluding carboxylic acids is 1. The fourth-order valence-electron chi connectivity index (χ4n) is 2.97. The van der Waals surface area contributed by atoms with E-state index >= 15 is 0 Å². The second-order valence-electron chi connectivity index (χ2n) is 5.55. The number of ether oxygens (including phenoxy) is 1. The number of nitrogens with zero attached hydrogens (tertiary/aromatic N) is 1. The molecule has 8 nitrogen and oxygen atoms in total. The van der Waals surface area contributed by atoms with E-state index in [0.29, 0.717) is 17.1 Å². The molecular formula is C16H17N3O5S. The Morgan fingerprint density at radius 1 is 1.28 bits per heavy atom. The molecule has 132 valence electrons. The summed E-state index contributed by atoms with van der Waals surface area (Å²) in [4.78, 5) is 16.0. The van der Waals surface area contributed by atoms with Gasteiger partial charge in [-0.2, -0.15) is 13.6 Å². The van der Waals surface area contributed by atoms with Crippen LogP contribution in [0.2, 0.25) is 0 Å². The lowest BCUT2D eigenvalue weighted by molar-refractivity contribution is 0.217. The van der Waals surface area contributed by atoms with Gasteiger partial charge in [0, 0.05) is 17.8 Å². The molecule has 25 heavy (non-hydrogen) atoms. The molecule has 0 spiro atoms. The normalized spacial score (nSPS) is 13.2. The minimum Gasteiger partial charge on any atom is -0.481 e. The molecular weight excluding hydrogens is 346 g/mol. The van der Waals surface area contributed by atoms with Crippen LogP contribution in [-0.2, 0) is 27.3 Å². The number of hydrogen-bond acceptors (Lipinski definition) is 6. The first-order chi connectivity index (χ1) is 11.9. The Kier molecular flexibility index (Phi) is 4.60. The largest absolute Gasteiger partial charge is 0.481 e. The molecule has 2 aromatic rings. The third-order valence-corrected chi connectivity index (χ3v) is 4.34. The monoisotopic (exact) mass is 363 g/mol. The van der Waals surface area contributed by atoms with E-state index in [1.165, 1.54) is 7.11 Å². The van der Waals surface area contributed by atoms with Crippen LogP contribution >= 0.6 is 0 Å². The van der Waals surface area contributed by atoms with Crippen molar-refractivity contribution in [2.24, 2.45) is 5.14 Å². The van der Waals surface area contributed by atoms with Gasteiger partial charge in [-0.15, -0.1) is 0 Å². The van der Waals surface area contributed by atoms with Gasteiger partial charge in [0.05, 0.1) is 12.8 Å². The number of benzene rings is 1. The lowest BCUT2D eigenvalue weighted by Gasteiger charge is -2.16. The summed E-state index contributed by atoms with van der Waals surface area (Å²) in [7, 11) is -2.88. The number of rotatable bonds is 4. The van der Waals surface area contributed by atoms with E-state index in [2.05, 4.69) is 14.5 Å². The van der Waals surface area contributed by atoms with E-state index in [0.717, 1.165) is 36.0 Å². The van der Waals surface area contributed by atoms with Crippen LogP contribution in [-0.4, -0.2) is 26.6 Å². The Labute approximate surface area is 145 Å². The summed E-state index contributed by atoms with van der Waals surface area (Å²) in [6.07, 6.45) is 3.07. The Morgan fingerprint density at radius 3 is 2.80 bits per heavy atom. The van der Waals surface area contributed by atoms with Gasteiger partial charge in [0.2, 0.25) is 5.88 Å². The predicted molar refractivity (Wildman–Crippen MR) is 91.5 cm³/mol. The van der Waals surface area contributed by atoms with Crippen LogP contribution in [0.5, 0.6) is 5.88 Å². The van der Waals surface area contributed by atoms with E-state index in [9.17, 15) is 13.2 Å². The number of hydrogen-bond donors (Lipinski definition) is 2. The topological polar surface area (TPSA) is 121 Å². The number of aromatic nitrogens is 1. The van der Waals surface area contributed by atoms with Crippen molar-refractivity contribution in [1.29, 1.82) is 0 Å². The van der Waals surface area contributed by atoms with Crippen LogP contribution < -0.4 is 15.2 Å². The maximum Gasteiger partial charge on any atom is 0.428 e. The maximum atomic E-state index is 11.9. The number of pyridine rings is 1. The zero-order valence-corrected chi connectivity index (χ0v) is 14.3. The standard InChI is InChI=1S/C16H17N3O5S/c1-23-14-9-11(7-8-18-14)13-6-5-10-3-2-4-12(10)15(13)19-16(20)24-25(17,21)22/h5-9H,2-4H2,1H3,(H,19,20)(H2,17,21,22). The number of methoxy groups -OCH3 is 1. The summed E-state index contributed by atoms with van der Waals surface area (Å²) >= 11 is 0. The van der Waals surface area contributed by atoms with Gasteiger partial charge >= 0.3 is 16.4 Å².